The number of hydrogen-bond acceptors (Lipinski definition) is 3. The number of nitrogens with zero attached hydrogens (tertiary/aromatic N) is 4. The largest absolute Gasteiger partial charge is 0.229 e. The standard InChI is InChI=1S/C8H12N4/c1-3-12-8(9-10-11-12)7-4-6(2)5-7/h4,7H,3,5H2,1-2H3. The van der Waals surface area contributed by atoms with Gasteiger partial charge in [0.25, 0.3) is 0 Å². The Kier molecular flexibility index (Phi) is 1.67. The van der Waals surface area contributed by atoms with Gasteiger partial charge >= 0.3 is 0 Å². The SMILES string of the molecule is CCn1nnnc1C1C=C(C)C1. The summed E-state index contributed by atoms with van der Waals surface area (Å²) in [5, 5.41) is 11.5. The second-order valence-electron chi connectivity index (χ2n) is 3.18. The van der Waals surface area contributed by atoms with Crippen molar-refractivity contribution in [1.29, 1.82) is 0 Å². The van der Waals surface area contributed by atoms with E-state index in [1.807, 2.05) is 4.68 Å². The van der Waals surface area contributed by atoms with Gasteiger partial charge in [0.2, 0.25) is 0 Å². The average Bonchev–Trinajstić information content (AvgIpc) is 2.45. The van der Waals surface area contributed by atoms with Gasteiger partial charge in [-0.25, -0.2) is 4.68 Å². The van der Waals surface area contributed by atoms with Gasteiger partial charge in [-0.3, -0.25) is 0 Å². The van der Waals surface area contributed by atoms with Crippen molar-refractivity contribution in [1.82, 2.24) is 20.2 Å². The summed E-state index contributed by atoms with van der Waals surface area (Å²) in [6.07, 6.45) is 3.33. The molecule has 1 aliphatic carbocycles. The van der Waals surface area contributed by atoms with Crippen molar-refractivity contribution in [3.63, 3.8) is 0 Å². The Morgan fingerprint density at radius 2 is 2.42 bits per heavy atom. The van der Waals surface area contributed by atoms with Gasteiger partial charge < -0.3 is 0 Å². The van der Waals surface area contributed by atoms with E-state index in [4.69, 9.17) is 0 Å². The highest BCUT2D eigenvalue weighted by Crippen LogP contribution is 2.32. The third kappa shape index (κ3) is 1.03. The Hall–Kier alpha value is -1.19. The quantitative estimate of drug-likeness (QED) is 0.615. The van der Waals surface area contributed by atoms with Crippen molar-refractivity contribution >= 4 is 0 Å². The minimum atomic E-state index is 0.458. The minimum absolute atomic E-state index is 0.458. The Labute approximate surface area is 71.3 Å². The fourth-order valence-corrected chi connectivity index (χ4v) is 1.52. The third-order valence-electron chi connectivity index (χ3n) is 2.22. The molecule has 1 unspecified atom stereocenters. The van der Waals surface area contributed by atoms with Crippen LogP contribution in [0.4, 0.5) is 0 Å². The normalized spacial score (nSPS) is 21.8. The second kappa shape index (κ2) is 2.69. The first-order chi connectivity index (χ1) is 5.81. The average molecular weight is 164 g/mol. The summed E-state index contributed by atoms with van der Waals surface area (Å²) in [5.74, 6) is 1.46. The van der Waals surface area contributed by atoms with E-state index in [0.29, 0.717) is 5.92 Å². The fourth-order valence-electron chi connectivity index (χ4n) is 1.52. The van der Waals surface area contributed by atoms with E-state index < -0.39 is 0 Å². The molecule has 1 aromatic rings. The molecule has 0 radical (unpaired) electrons. The lowest BCUT2D eigenvalue weighted by Crippen LogP contribution is -2.13. The van der Waals surface area contributed by atoms with Gasteiger partial charge in [0.15, 0.2) is 5.82 Å². The number of aryl methyl sites for hydroxylation is 1. The molecule has 0 aliphatic heterocycles. The summed E-state index contributed by atoms with van der Waals surface area (Å²) in [6, 6.07) is 0. The van der Waals surface area contributed by atoms with E-state index in [9.17, 15) is 0 Å². The first-order valence-electron chi connectivity index (χ1n) is 4.24. The molecular formula is C8H12N4. The van der Waals surface area contributed by atoms with Crippen molar-refractivity contribution in [2.24, 2.45) is 0 Å². The van der Waals surface area contributed by atoms with Gasteiger partial charge in [0.1, 0.15) is 0 Å². The van der Waals surface area contributed by atoms with Crippen LogP contribution in [0.25, 0.3) is 0 Å². The third-order valence-corrected chi connectivity index (χ3v) is 2.22. The summed E-state index contributed by atoms with van der Waals surface area (Å²) in [6.45, 7) is 5.04. The second-order valence-corrected chi connectivity index (χ2v) is 3.18. The minimum Gasteiger partial charge on any atom is -0.229 e. The molecule has 4 heteroatoms. The predicted molar refractivity (Wildman–Crippen MR) is 44.6 cm³/mol. The van der Waals surface area contributed by atoms with E-state index in [-0.39, 0.29) is 0 Å². The van der Waals surface area contributed by atoms with Crippen LogP contribution in [0.2, 0.25) is 0 Å². The molecule has 0 fully saturated rings. The Morgan fingerprint density at radius 3 is 3.00 bits per heavy atom. The monoisotopic (exact) mass is 164 g/mol. The van der Waals surface area contributed by atoms with Crippen LogP contribution in [0.3, 0.4) is 0 Å². The molecule has 1 aromatic heterocycles. The molecule has 1 aliphatic rings. The van der Waals surface area contributed by atoms with Crippen molar-refractivity contribution in [2.75, 3.05) is 0 Å². The van der Waals surface area contributed by atoms with Crippen LogP contribution >= 0.6 is 0 Å². The lowest BCUT2D eigenvalue weighted by Gasteiger charge is -2.21. The summed E-state index contributed by atoms with van der Waals surface area (Å²) < 4.78 is 1.85. The molecule has 0 bridgehead atoms. The maximum Gasteiger partial charge on any atom is 0.158 e. The van der Waals surface area contributed by atoms with E-state index in [0.717, 1.165) is 18.8 Å². The van der Waals surface area contributed by atoms with Gasteiger partial charge in [-0.2, -0.15) is 0 Å². The fraction of sp³-hybridized carbons (Fsp3) is 0.625. The molecule has 0 saturated heterocycles. The molecule has 2 rings (SSSR count). The van der Waals surface area contributed by atoms with Gasteiger partial charge in [-0.1, -0.05) is 11.6 Å². The van der Waals surface area contributed by atoms with E-state index >= 15 is 0 Å². The van der Waals surface area contributed by atoms with Crippen LogP contribution in [-0.2, 0) is 6.54 Å². The molecule has 0 amide bonds. The molecule has 0 spiro atoms. The van der Waals surface area contributed by atoms with Crippen LogP contribution in [-0.4, -0.2) is 20.2 Å². The number of hydrogen-bond donors (Lipinski definition) is 0. The first-order valence-corrected chi connectivity index (χ1v) is 4.24. The topological polar surface area (TPSA) is 43.6 Å². The summed E-state index contributed by atoms with van der Waals surface area (Å²) in [5.41, 5.74) is 1.44. The van der Waals surface area contributed by atoms with Crippen LogP contribution in [0, 0.1) is 0 Å². The molecule has 12 heavy (non-hydrogen) atoms. The first kappa shape index (κ1) is 7.46. The van der Waals surface area contributed by atoms with Gasteiger partial charge in [0.05, 0.1) is 0 Å². The van der Waals surface area contributed by atoms with Crippen LogP contribution in [0.5, 0.6) is 0 Å². The van der Waals surface area contributed by atoms with E-state index in [1.54, 1.807) is 0 Å². The molecule has 0 aromatic carbocycles. The van der Waals surface area contributed by atoms with Crippen molar-refractivity contribution < 1.29 is 0 Å². The Balaban J connectivity index is 2.23. The van der Waals surface area contributed by atoms with Gasteiger partial charge in [-0.15, -0.1) is 5.10 Å². The summed E-state index contributed by atoms with van der Waals surface area (Å²) >= 11 is 0. The predicted octanol–water partition coefficient (Wildman–Crippen LogP) is 1.13. The highest BCUT2D eigenvalue weighted by atomic mass is 15.5. The van der Waals surface area contributed by atoms with Crippen LogP contribution in [0.15, 0.2) is 11.6 Å². The van der Waals surface area contributed by atoms with E-state index in [2.05, 4.69) is 35.4 Å². The zero-order chi connectivity index (χ0) is 8.55. The molecule has 4 nitrogen and oxygen atoms in total. The lowest BCUT2D eigenvalue weighted by atomic mass is 9.87. The Morgan fingerprint density at radius 1 is 1.67 bits per heavy atom. The number of allylic oxidation sites excluding steroid dienone is 2. The number of tetrazole rings is 1. The molecule has 0 N–H and O–H groups in total. The van der Waals surface area contributed by atoms with Crippen LogP contribution < -0.4 is 0 Å². The number of rotatable bonds is 2. The molecule has 1 heterocycles. The molecule has 1 atom stereocenters. The molecule has 0 saturated carbocycles. The maximum absolute atomic E-state index is 4.00. The van der Waals surface area contributed by atoms with Crippen molar-refractivity contribution in [3.8, 4) is 0 Å². The van der Waals surface area contributed by atoms with Crippen molar-refractivity contribution in [3.05, 3.63) is 17.5 Å². The zero-order valence-electron chi connectivity index (χ0n) is 7.36. The van der Waals surface area contributed by atoms with E-state index in [1.165, 1.54) is 5.57 Å². The molecular weight excluding hydrogens is 152 g/mol. The zero-order valence-corrected chi connectivity index (χ0v) is 7.36. The Bertz CT molecular complexity index is 313. The highest BCUT2D eigenvalue weighted by molar-refractivity contribution is 5.24. The van der Waals surface area contributed by atoms with Crippen LogP contribution in [0.1, 0.15) is 32.0 Å². The summed E-state index contributed by atoms with van der Waals surface area (Å²) in [4.78, 5) is 0. The van der Waals surface area contributed by atoms with Gasteiger partial charge in [-0.05, 0) is 30.7 Å². The summed E-state index contributed by atoms with van der Waals surface area (Å²) in [7, 11) is 0. The number of aromatic nitrogens is 4. The van der Waals surface area contributed by atoms with Crippen molar-refractivity contribution in [2.45, 2.75) is 32.7 Å². The smallest absolute Gasteiger partial charge is 0.158 e. The lowest BCUT2D eigenvalue weighted by molar-refractivity contribution is 0.561. The van der Waals surface area contributed by atoms with Gasteiger partial charge in [0, 0.05) is 12.5 Å². The maximum atomic E-state index is 4.00. The molecule has 64 valence electrons. The highest BCUT2D eigenvalue weighted by Gasteiger charge is 2.22.